The van der Waals surface area contributed by atoms with Crippen LogP contribution in [0.2, 0.25) is 0 Å². The highest BCUT2D eigenvalue weighted by atomic mass is 16.6. The first-order valence-electron chi connectivity index (χ1n) is 6.31. The Balaban J connectivity index is 2.25. The molecule has 0 spiro atoms. The Morgan fingerprint density at radius 1 is 1.53 bits per heavy atom. The van der Waals surface area contributed by atoms with Gasteiger partial charge in [-0.25, -0.2) is 0 Å². The van der Waals surface area contributed by atoms with E-state index in [1.807, 2.05) is 13.8 Å². The monoisotopic (exact) mass is 266 g/mol. The van der Waals surface area contributed by atoms with Crippen molar-refractivity contribution in [3.63, 3.8) is 0 Å². The molecule has 1 saturated heterocycles. The molecule has 1 unspecified atom stereocenters. The van der Waals surface area contributed by atoms with Gasteiger partial charge in [0, 0.05) is 24.4 Å². The van der Waals surface area contributed by atoms with Gasteiger partial charge in [-0.1, -0.05) is 0 Å². The van der Waals surface area contributed by atoms with Crippen molar-refractivity contribution < 1.29 is 14.4 Å². The summed E-state index contributed by atoms with van der Waals surface area (Å²) < 4.78 is 10.7. The van der Waals surface area contributed by atoms with Crippen LogP contribution < -0.4 is 10.1 Å². The Hall–Kier alpha value is -1.82. The lowest BCUT2D eigenvalue weighted by molar-refractivity contribution is -0.384. The van der Waals surface area contributed by atoms with Crippen LogP contribution in [0.25, 0.3) is 0 Å². The van der Waals surface area contributed by atoms with E-state index < -0.39 is 4.92 Å². The summed E-state index contributed by atoms with van der Waals surface area (Å²) >= 11 is 0. The molecule has 1 atom stereocenters. The number of ether oxygens (including phenoxy) is 2. The van der Waals surface area contributed by atoms with Gasteiger partial charge in [0.1, 0.15) is 5.75 Å². The normalized spacial score (nSPS) is 22.2. The Kier molecular flexibility index (Phi) is 3.90. The molecule has 1 aliphatic rings. The third-order valence-electron chi connectivity index (χ3n) is 3.08. The Morgan fingerprint density at radius 3 is 2.89 bits per heavy atom. The summed E-state index contributed by atoms with van der Waals surface area (Å²) in [4.78, 5) is 10.5. The van der Waals surface area contributed by atoms with Crippen molar-refractivity contribution in [1.29, 1.82) is 0 Å². The molecule has 0 aromatic heterocycles. The van der Waals surface area contributed by atoms with Gasteiger partial charge in [-0.05, 0) is 20.3 Å². The van der Waals surface area contributed by atoms with E-state index in [-0.39, 0.29) is 11.2 Å². The third-order valence-corrected chi connectivity index (χ3v) is 3.08. The van der Waals surface area contributed by atoms with Crippen LogP contribution in [0.1, 0.15) is 20.3 Å². The van der Waals surface area contributed by atoms with Gasteiger partial charge in [0.2, 0.25) is 0 Å². The van der Waals surface area contributed by atoms with Crippen molar-refractivity contribution in [2.75, 3.05) is 25.1 Å². The van der Waals surface area contributed by atoms with Crippen molar-refractivity contribution in [2.24, 2.45) is 0 Å². The Labute approximate surface area is 111 Å². The zero-order chi connectivity index (χ0) is 13.9. The standard InChI is InChI=1S/C13H18N2O4/c1-3-19-12-7-10(6-11(8-12)15(16)17)14-13(2)4-5-18-9-13/h6-8,14H,3-5,9H2,1-2H3. The van der Waals surface area contributed by atoms with Crippen molar-refractivity contribution in [3.8, 4) is 5.75 Å². The number of hydrogen-bond acceptors (Lipinski definition) is 5. The molecular weight excluding hydrogens is 248 g/mol. The Bertz CT molecular complexity index is 470. The molecule has 19 heavy (non-hydrogen) atoms. The summed E-state index contributed by atoms with van der Waals surface area (Å²) in [6.45, 7) is 5.66. The maximum Gasteiger partial charge on any atom is 0.275 e. The summed E-state index contributed by atoms with van der Waals surface area (Å²) in [6.07, 6.45) is 0.875. The number of nitrogens with one attached hydrogen (secondary N) is 1. The van der Waals surface area contributed by atoms with E-state index in [9.17, 15) is 10.1 Å². The molecule has 104 valence electrons. The number of hydrogen-bond donors (Lipinski definition) is 1. The fourth-order valence-electron chi connectivity index (χ4n) is 2.12. The van der Waals surface area contributed by atoms with E-state index in [0.29, 0.717) is 31.3 Å². The molecule has 1 aromatic rings. The first kappa shape index (κ1) is 13.6. The fraction of sp³-hybridized carbons (Fsp3) is 0.538. The van der Waals surface area contributed by atoms with Gasteiger partial charge < -0.3 is 14.8 Å². The summed E-state index contributed by atoms with van der Waals surface area (Å²) in [5.74, 6) is 0.502. The number of nitro benzene ring substituents is 1. The van der Waals surface area contributed by atoms with E-state index in [0.717, 1.165) is 6.42 Å². The summed E-state index contributed by atoms with van der Waals surface area (Å²) in [5.41, 5.74) is 0.528. The molecule has 1 heterocycles. The highest BCUT2D eigenvalue weighted by molar-refractivity contribution is 5.57. The zero-order valence-electron chi connectivity index (χ0n) is 11.1. The molecule has 0 radical (unpaired) electrons. The Morgan fingerprint density at radius 2 is 2.32 bits per heavy atom. The first-order chi connectivity index (χ1) is 9.02. The quantitative estimate of drug-likeness (QED) is 0.655. The molecule has 1 aliphatic heterocycles. The van der Waals surface area contributed by atoms with Crippen LogP contribution in [0.3, 0.4) is 0 Å². The predicted octanol–water partition coefficient (Wildman–Crippen LogP) is 2.58. The van der Waals surface area contributed by atoms with Gasteiger partial charge in [-0.3, -0.25) is 10.1 Å². The van der Waals surface area contributed by atoms with Crippen molar-refractivity contribution >= 4 is 11.4 Å². The van der Waals surface area contributed by atoms with Crippen molar-refractivity contribution in [3.05, 3.63) is 28.3 Å². The lowest BCUT2D eigenvalue weighted by Crippen LogP contribution is -2.34. The van der Waals surface area contributed by atoms with Crippen LogP contribution in [0, 0.1) is 10.1 Å². The molecule has 6 nitrogen and oxygen atoms in total. The average molecular weight is 266 g/mol. The molecule has 1 N–H and O–H groups in total. The molecular formula is C13H18N2O4. The van der Waals surface area contributed by atoms with Crippen molar-refractivity contribution in [2.45, 2.75) is 25.8 Å². The van der Waals surface area contributed by atoms with E-state index in [2.05, 4.69) is 5.32 Å². The smallest absolute Gasteiger partial charge is 0.275 e. The number of benzene rings is 1. The number of non-ortho nitro benzene ring substituents is 1. The average Bonchev–Trinajstić information content (AvgIpc) is 2.75. The maximum atomic E-state index is 10.9. The van der Waals surface area contributed by atoms with E-state index in [1.54, 1.807) is 6.07 Å². The summed E-state index contributed by atoms with van der Waals surface area (Å²) in [7, 11) is 0. The van der Waals surface area contributed by atoms with E-state index in [4.69, 9.17) is 9.47 Å². The van der Waals surface area contributed by atoms with Gasteiger partial charge in [-0.2, -0.15) is 0 Å². The van der Waals surface area contributed by atoms with E-state index >= 15 is 0 Å². The molecule has 1 fully saturated rings. The second-order valence-electron chi connectivity index (χ2n) is 4.89. The molecule has 0 bridgehead atoms. The van der Waals surface area contributed by atoms with Crippen LogP contribution in [0.15, 0.2) is 18.2 Å². The van der Waals surface area contributed by atoms with Gasteiger partial charge in [0.15, 0.2) is 0 Å². The number of nitro groups is 1. The number of anilines is 1. The molecule has 6 heteroatoms. The SMILES string of the molecule is CCOc1cc(NC2(C)CCOC2)cc([N+](=O)[O-])c1. The highest BCUT2D eigenvalue weighted by Gasteiger charge is 2.29. The summed E-state index contributed by atoms with van der Waals surface area (Å²) in [6, 6.07) is 4.73. The van der Waals surface area contributed by atoms with Crippen molar-refractivity contribution in [1.82, 2.24) is 0 Å². The maximum absolute atomic E-state index is 10.9. The highest BCUT2D eigenvalue weighted by Crippen LogP contribution is 2.30. The van der Waals surface area contributed by atoms with Crippen LogP contribution in [0.4, 0.5) is 11.4 Å². The largest absolute Gasteiger partial charge is 0.494 e. The van der Waals surface area contributed by atoms with Gasteiger partial charge >= 0.3 is 0 Å². The van der Waals surface area contributed by atoms with Gasteiger partial charge in [-0.15, -0.1) is 0 Å². The molecule has 1 aromatic carbocycles. The second kappa shape index (κ2) is 5.44. The zero-order valence-corrected chi connectivity index (χ0v) is 11.1. The third kappa shape index (κ3) is 3.35. The van der Waals surface area contributed by atoms with Crippen LogP contribution in [-0.2, 0) is 4.74 Å². The molecule has 0 saturated carbocycles. The topological polar surface area (TPSA) is 73.6 Å². The van der Waals surface area contributed by atoms with Crippen LogP contribution in [-0.4, -0.2) is 30.3 Å². The lowest BCUT2D eigenvalue weighted by atomic mass is 10.0. The van der Waals surface area contributed by atoms with Crippen LogP contribution >= 0.6 is 0 Å². The predicted molar refractivity (Wildman–Crippen MR) is 71.7 cm³/mol. The number of nitrogens with zero attached hydrogens (tertiary/aromatic N) is 1. The second-order valence-corrected chi connectivity index (χ2v) is 4.89. The molecule has 0 amide bonds. The van der Waals surface area contributed by atoms with E-state index in [1.165, 1.54) is 12.1 Å². The minimum Gasteiger partial charge on any atom is -0.494 e. The minimum atomic E-state index is -0.415. The fourth-order valence-corrected chi connectivity index (χ4v) is 2.12. The van der Waals surface area contributed by atoms with Gasteiger partial charge in [0.05, 0.1) is 29.7 Å². The lowest BCUT2D eigenvalue weighted by Gasteiger charge is -2.25. The van der Waals surface area contributed by atoms with Crippen LogP contribution in [0.5, 0.6) is 5.75 Å². The minimum absolute atomic E-state index is 0.0240. The van der Waals surface area contributed by atoms with Gasteiger partial charge in [0.25, 0.3) is 5.69 Å². The summed E-state index contributed by atoms with van der Waals surface area (Å²) in [5, 5.41) is 14.2. The molecule has 2 rings (SSSR count). The molecule has 0 aliphatic carbocycles. The number of rotatable bonds is 5. The first-order valence-corrected chi connectivity index (χ1v) is 6.31.